The van der Waals surface area contributed by atoms with Gasteiger partial charge >= 0.3 is 0 Å². The Kier molecular flexibility index (Phi) is 1.91. The fourth-order valence-corrected chi connectivity index (χ4v) is 1.01. The molecule has 0 aromatic rings. The molecule has 50 valence electrons. The monoisotopic (exact) mass is 146 g/mol. The lowest BCUT2D eigenvalue weighted by molar-refractivity contribution is 0.577. The van der Waals surface area contributed by atoms with Gasteiger partial charge in [-0.25, -0.2) is 4.39 Å². The van der Waals surface area contributed by atoms with Crippen molar-refractivity contribution in [2.45, 2.75) is 19.8 Å². The smallest absolute Gasteiger partial charge is 0.105 e. The van der Waals surface area contributed by atoms with Crippen molar-refractivity contribution in [3.63, 3.8) is 0 Å². The summed E-state index contributed by atoms with van der Waals surface area (Å²) in [5, 5.41) is 0.568. The van der Waals surface area contributed by atoms with E-state index in [9.17, 15) is 4.39 Å². The molecule has 0 radical (unpaired) electrons. The maximum atomic E-state index is 12.6. The second-order valence-electron chi connectivity index (χ2n) is 2.12. The Bertz CT molecular complexity index is 179. The molecule has 1 aliphatic rings. The summed E-state index contributed by atoms with van der Waals surface area (Å²) in [5.41, 5.74) is 0.600. The molecule has 0 fully saturated rings. The van der Waals surface area contributed by atoms with Crippen LogP contribution in [0.1, 0.15) is 19.8 Å². The average molecular weight is 147 g/mol. The van der Waals surface area contributed by atoms with Gasteiger partial charge in [-0.1, -0.05) is 17.7 Å². The number of hydrogen-bond acceptors (Lipinski definition) is 0. The normalized spacial score (nSPS) is 20.1. The van der Waals surface area contributed by atoms with Crippen molar-refractivity contribution in [2.24, 2.45) is 0 Å². The van der Waals surface area contributed by atoms with Crippen LogP contribution in [0.15, 0.2) is 22.5 Å². The molecule has 0 bridgehead atoms. The van der Waals surface area contributed by atoms with E-state index in [1.54, 1.807) is 6.92 Å². The largest absolute Gasteiger partial charge is 0.211 e. The van der Waals surface area contributed by atoms with Gasteiger partial charge in [-0.2, -0.15) is 0 Å². The first-order valence-electron chi connectivity index (χ1n) is 2.93. The van der Waals surface area contributed by atoms with E-state index in [0.29, 0.717) is 17.0 Å². The summed E-state index contributed by atoms with van der Waals surface area (Å²) >= 11 is 5.63. The van der Waals surface area contributed by atoms with E-state index in [0.717, 1.165) is 6.42 Å². The first-order valence-corrected chi connectivity index (χ1v) is 3.31. The first kappa shape index (κ1) is 6.81. The summed E-state index contributed by atoms with van der Waals surface area (Å²) in [5.74, 6) is -0.0671. The second-order valence-corrected chi connectivity index (χ2v) is 2.53. The lowest BCUT2D eigenvalue weighted by atomic mass is 10.1. The molecular weight excluding hydrogens is 139 g/mol. The Labute approximate surface area is 59.0 Å². The lowest BCUT2D eigenvalue weighted by Gasteiger charge is -2.07. The Morgan fingerprint density at radius 3 is 2.78 bits per heavy atom. The fraction of sp³-hybridized carbons (Fsp3) is 0.429. The van der Waals surface area contributed by atoms with Crippen molar-refractivity contribution in [1.82, 2.24) is 0 Å². The zero-order chi connectivity index (χ0) is 6.85. The van der Waals surface area contributed by atoms with E-state index in [2.05, 4.69) is 0 Å². The molecule has 0 amide bonds. The molecule has 0 aromatic carbocycles. The van der Waals surface area contributed by atoms with Crippen molar-refractivity contribution in [1.29, 1.82) is 0 Å². The minimum absolute atomic E-state index is 0.0671. The highest BCUT2D eigenvalue weighted by molar-refractivity contribution is 6.32. The molecule has 1 aliphatic carbocycles. The third kappa shape index (κ3) is 1.33. The molecule has 0 spiro atoms. The summed E-state index contributed by atoms with van der Waals surface area (Å²) in [4.78, 5) is 0. The summed E-state index contributed by atoms with van der Waals surface area (Å²) in [6.07, 6.45) is 3.10. The number of allylic oxidation sites excluding steroid dienone is 4. The summed E-state index contributed by atoms with van der Waals surface area (Å²) in [7, 11) is 0. The van der Waals surface area contributed by atoms with Gasteiger partial charge < -0.3 is 0 Å². The molecule has 0 saturated carbocycles. The highest BCUT2D eigenvalue weighted by Gasteiger charge is 2.08. The zero-order valence-electron chi connectivity index (χ0n) is 5.25. The Morgan fingerprint density at radius 2 is 2.33 bits per heavy atom. The maximum Gasteiger partial charge on any atom is 0.105 e. The van der Waals surface area contributed by atoms with Crippen molar-refractivity contribution >= 4 is 11.6 Å². The van der Waals surface area contributed by atoms with Gasteiger partial charge in [-0.3, -0.25) is 0 Å². The van der Waals surface area contributed by atoms with E-state index >= 15 is 0 Å². The third-order valence-corrected chi connectivity index (χ3v) is 1.89. The van der Waals surface area contributed by atoms with Crippen LogP contribution in [0.5, 0.6) is 0 Å². The minimum atomic E-state index is -0.0671. The molecule has 0 N–H and O–H groups in total. The van der Waals surface area contributed by atoms with Gasteiger partial charge in [-0.05, 0) is 18.9 Å². The minimum Gasteiger partial charge on any atom is -0.211 e. The van der Waals surface area contributed by atoms with Gasteiger partial charge in [0.2, 0.25) is 0 Å². The average Bonchev–Trinajstić information content (AvgIpc) is 1.83. The molecule has 2 heteroatoms. The van der Waals surface area contributed by atoms with Crippen molar-refractivity contribution in [3.8, 4) is 0 Å². The topological polar surface area (TPSA) is 0 Å². The van der Waals surface area contributed by atoms with Crippen molar-refractivity contribution < 1.29 is 4.39 Å². The summed E-state index contributed by atoms with van der Waals surface area (Å²) in [6, 6.07) is 0. The van der Waals surface area contributed by atoms with E-state index < -0.39 is 0 Å². The fourth-order valence-electron chi connectivity index (χ4n) is 0.796. The van der Waals surface area contributed by atoms with Crippen LogP contribution in [0.3, 0.4) is 0 Å². The zero-order valence-corrected chi connectivity index (χ0v) is 6.00. The second kappa shape index (κ2) is 2.53. The Morgan fingerprint density at radius 1 is 1.67 bits per heavy atom. The van der Waals surface area contributed by atoms with Crippen LogP contribution in [0, 0.1) is 0 Å². The molecule has 0 saturated heterocycles. The van der Waals surface area contributed by atoms with Gasteiger partial charge in [-0.15, -0.1) is 0 Å². The van der Waals surface area contributed by atoms with E-state index in [1.165, 1.54) is 0 Å². The molecule has 9 heavy (non-hydrogen) atoms. The molecule has 0 aromatic heterocycles. The van der Waals surface area contributed by atoms with Gasteiger partial charge in [0.05, 0.1) is 0 Å². The highest BCUT2D eigenvalue weighted by atomic mass is 35.5. The van der Waals surface area contributed by atoms with E-state index in [1.807, 2.05) is 6.08 Å². The molecule has 0 atom stereocenters. The summed E-state index contributed by atoms with van der Waals surface area (Å²) < 4.78 is 12.6. The molecule has 1 rings (SSSR count). The molecule has 0 heterocycles. The predicted molar refractivity (Wildman–Crippen MR) is 37.0 cm³/mol. The number of rotatable bonds is 0. The van der Waals surface area contributed by atoms with E-state index in [4.69, 9.17) is 11.6 Å². The third-order valence-electron chi connectivity index (χ3n) is 1.45. The van der Waals surface area contributed by atoms with Crippen LogP contribution >= 0.6 is 11.6 Å². The quantitative estimate of drug-likeness (QED) is 0.493. The van der Waals surface area contributed by atoms with Gasteiger partial charge in [0.25, 0.3) is 0 Å². The highest BCUT2D eigenvalue weighted by Crippen LogP contribution is 2.27. The van der Waals surface area contributed by atoms with E-state index in [-0.39, 0.29) is 5.83 Å². The van der Waals surface area contributed by atoms with Crippen LogP contribution in [0.25, 0.3) is 0 Å². The molecular formula is C7H8ClF. The molecule has 0 aliphatic heterocycles. The van der Waals surface area contributed by atoms with Gasteiger partial charge in [0.1, 0.15) is 5.83 Å². The lowest BCUT2D eigenvalue weighted by Crippen LogP contribution is -1.89. The van der Waals surface area contributed by atoms with Gasteiger partial charge in [0, 0.05) is 11.5 Å². The van der Waals surface area contributed by atoms with Crippen LogP contribution in [-0.2, 0) is 0 Å². The van der Waals surface area contributed by atoms with Crippen LogP contribution in [0.2, 0.25) is 0 Å². The predicted octanol–water partition coefficient (Wildman–Crippen LogP) is 3.15. The Balaban J connectivity index is 2.88. The van der Waals surface area contributed by atoms with Crippen molar-refractivity contribution in [3.05, 3.63) is 22.5 Å². The Hall–Kier alpha value is -0.300. The molecule has 0 unspecified atom stereocenters. The van der Waals surface area contributed by atoms with Crippen LogP contribution in [0.4, 0.5) is 4.39 Å². The maximum absolute atomic E-state index is 12.6. The van der Waals surface area contributed by atoms with Crippen molar-refractivity contribution in [2.75, 3.05) is 0 Å². The molecule has 0 nitrogen and oxygen atoms in total. The summed E-state index contributed by atoms with van der Waals surface area (Å²) in [6.45, 7) is 1.70. The number of hydrogen-bond donors (Lipinski definition) is 0. The SMILES string of the molecule is CC1=C(F)CCC=C1Cl. The number of halogens is 2. The van der Waals surface area contributed by atoms with Gasteiger partial charge in [0.15, 0.2) is 0 Å². The van der Waals surface area contributed by atoms with Crippen LogP contribution in [-0.4, -0.2) is 0 Å². The van der Waals surface area contributed by atoms with Crippen LogP contribution < -0.4 is 0 Å². The first-order chi connectivity index (χ1) is 4.22. The standard InChI is InChI=1S/C7H8ClF/c1-5-6(8)3-2-4-7(5)9/h3H,2,4H2,1H3.